The molecule has 3 aromatic carbocycles. The molecule has 0 fully saturated rings. The van der Waals surface area contributed by atoms with Crippen molar-refractivity contribution >= 4 is 45.7 Å². The maximum atomic E-state index is 12.0. The van der Waals surface area contributed by atoms with Gasteiger partial charge in [-0.3, -0.25) is 9.59 Å². The van der Waals surface area contributed by atoms with Gasteiger partial charge >= 0.3 is 0 Å². The fourth-order valence-electron chi connectivity index (χ4n) is 3.18. The third-order valence-corrected chi connectivity index (χ3v) is 5.10. The van der Waals surface area contributed by atoms with E-state index in [1.807, 2.05) is 36.4 Å². The number of halogens is 2. The van der Waals surface area contributed by atoms with E-state index < -0.39 is 11.8 Å². The monoisotopic (exact) mass is 425 g/mol. The Labute approximate surface area is 178 Å². The Hall–Kier alpha value is -3.00. The first-order valence-corrected chi connectivity index (χ1v) is 9.57. The average molecular weight is 426 g/mol. The molecular formula is C23H17Cl2NO3. The summed E-state index contributed by atoms with van der Waals surface area (Å²) in [5.74, 6) is 1.18. The number of ketones is 1. The van der Waals surface area contributed by atoms with Crippen LogP contribution in [0.3, 0.4) is 0 Å². The van der Waals surface area contributed by atoms with Gasteiger partial charge in [-0.25, -0.2) is 0 Å². The summed E-state index contributed by atoms with van der Waals surface area (Å²) < 4.78 is 0. The van der Waals surface area contributed by atoms with Gasteiger partial charge in [-0.05, 0) is 40.1 Å². The lowest BCUT2D eigenvalue weighted by Crippen LogP contribution is -2.40. The molecule has 0 radical (unpaired) electrons. The van der Waals surface area contributed by atoms with Crippen LogP contribution in [0.2, 0.25) is 10.0 Å². The van der Waals surface area contributed by atoms with Crippen molar-refractivity contribution in [2.24, 2.45) is 0 Å². The lowest BCUT2D eigenvalue weighted by atomic mass is 9.97. The highest BCUT2D eigenvalue weighted by Gasteiger charge is 2.19. The average Bonchev–Trinajstić information content (AvgIpc) is 2.67. The fourth-order valence-corrected chi connectivity index (χ4v) is 3.80. The van der Waals surface area contributed by atoms with Gasteiger partial charge in [-0.1, -0.05) is 59.6 Å². The third kappa shape index (κ3) is 4.89. The molecular weight excluding hydrogens is 409 g/mol. The zero-order valence-corrected chi connectivity index (χ0v) is 17.0. The molecule has 6 heteroatoms. The summed E-state index contributed by atoms with van der Waals surface area (Å²) in [5.41, 5.74) is 2.54. The summed E-state index contributed by atoms with van der Waals surface area (Å²) in [4.78, 5) is 23.4. The normalized spacial score (nSPS) is 11.4. The maximum Gasteiger partial charge on any atom is 0.231 e. The Bertz CT molecular complexity index is 1140. The number of carbonyl (C=O) groups is 2. The molecule has 1 amide bonds. The molecule has 4 nitrogen and oxygen atoms in total. The van der Waals surface area contributed by atoms with Crippen molar-refractivity contribution in [3.63, 3.8) is 0 Å². The summed E-state index contributed by atoms with van der Waals surface area (Å²) in [5, 5.41) is 14.4. The van der Waals surface area contributed by atoms with Crippen molar-refractivity contribution in [2.75, 3.05) is 0 Å². The van der Waals surface area contributed by atoms with E-state index >= 15 is 0 Å². The number of nitrogens with one attached hydrogen (secondary N) is 1. The minimum absolute atomic E-state index is 0.265. The number of rotatable bonds is 5. The molecule has 0 saturated heterocycles. The Kier molecular flexibility index (Phi) is 6.43. The molecule has 2 N–H and O–H groups in total. The van der Waals surface area contributed by atoms with Gasteiger partial charge in [0.05, 0.1) is 0 Å². The van der Waals surface area contributed by atoms with Crippen LogP contribution >= 0.6 is 23.2 Å². The molecule has 0 aliphatic heterocycles. The number of hydrogen-bond donors (Lipinski definition) is 2. The van der Waals surface area contributed by atoms with Crippen LogP contribution in [0, 0.1) is 12.0 Å². The van der Waals surface area contributed by atoms with Gasteiger partial charge in [-0.2, -0.15) is 0 Å². The molecule has 0 bridgehead atoms. The van der Waals surface area contributed by atoms with Gasteiger partial charge in [0.2, 0.25) is 11.7 Å². The zero-order chi connectivity index (χ0) is 21.0. The van der Waals surface area contributed by atoms with Crippen molar-refractivity contribution in [3.05, 3.63) is 70.2 Å². The first-order chi connectivity index (χ1) is 13.9. The number of carbonyl (C=O) groups excluding carboxylic acids is 2. The Morgan fingerprint density at radius 2 is 1.69 bits per heavy atom. The van der Waals surface area contributed by atoms with Gasteiger partial charge in [0.15, 0.2) is 0 Å². The van der Waals surface area contributed by atoms with Gasteiger partial charge in [0, 0.05) is 34.9 Å². The van der Waals surface area contributed by atoms with Crippen LogP contribution in [0.25, 0.3) is 21.9 Å². The predicted molar refractivity (Wildman–Crippen MR) is 115 cm³/mol. The predicted octanol–water partition coefficient (Wildman–Crippen LogP) is 4.76. The van der Waals surface area contributed by atoms with E-state index in [1.54, 1.807) is 24.3 Å². The smallest absolute Gasteiger partial charge is 0.231 e. The van der Waals surface area contributed by atoms with Crippen molar-refractivity contribution < 1.29 is 14.7 Å². The van der Waals surface area contributed by atoms with Crippen LogP contribution < -0.4 is 5.32 Å². The highest BCUT2D eigenvalue weighted by atomic mass is 35.5. The van der Waals surface area contributed by atoms with Crippen LogP contribution in [-0.4, -0.2) is 22.8 Å². The second-order valence-corrected chi connectivity index (χ2v) is 7.37. The number of Topliss-reactive ketones (excluding diaryl/α,β-unsaturated/α-hetero) is 1. The summed E-state index contributed by atoms with van der Waals surface area (Å²) in [7, 11) is 0. The van der Waals surface area contributed by atoms with Gasteiger partial charge in [0.1, 0.15) is 12.1 Å². The van der Waals surface area contributed by atoms with Crippen LogP contribution in [-0.2, 0) is 16.0 Å². The van der Waals surface area contributed by atoms with E-state index in [2.05, 4.69) is 11.2 Å². The van der Waals surface area contributed by atoms with Crippen LogP contribution in [0.4, 0.5) is 0 Å². The second kappa shape index (κ2) is 9.00. The van der Waals surface area contributed by atoms with Crippen molar-refractivity contribution in [2.45, 2.75) is 19.4 Å². The third-order valence-electron chi connectivity index (χ3n) is 4.47. The molecule has 146 valence electrons. The molecule has 0 aliphatic rings. The Morgan fingerprint density at radius 3 is 2.34 bits per heavy atom. The largest absolute Gasteiger partial charge is 0.462 e. The Morgan fingerprint density at radius 1 is 1.03 bits per heavy atom. The first kappa shape index (κ1) is 20.7. The molecule has 1 atom stereocenters. The number of amides is 1. The first-order valence-electron chi connectivity index (χ1n) is 8.82. The van der Waals surface area contributed by atoms with Crippen LogP contribution in [0.5, 0.6) is 0 Å². The van der Waals surface area contributed by atoms with Crippen molar-refractivity contribution in [1.82, 2.24) is 5.32 Å². The van der Waals surface area contributed by atoms with Gasteiger partial charge < -0.3 is 10.4 Å². The van der Waals surface area contributed by atoms with Gasteiger partial charge in [-0.15, -0.1) is 0 Å². The molecule has 3 aromatic rings. The van der Waals surface area contributed by atoms with E-state index in [1.165, 1.54) is 6.92 Å². The van der Waals surface area contributed by atoms with E-state index in [4.69, 9.17) is 28.3 Å². The molecule has 1 unspecified atom stereocenters. The number of hydrogen-bond acceptors (Lipinski definition) is 3. The SMILES string of the molecule is CC(=O)NC(Cc1ccc2cc(-c3c(Cl)cccc3Cl)ccc2c1)C(=O)C#CO. The standard InChI is InChI=1S/C23H17Cl2NO3/c1-14(28)26-21(22(29)9-10-27)12-15-5-6-17-13-18(8-7-16(17)11-15)23-19(24)3-2-4-20(23)25/h2-8,11,13,21,27H,12H2,1H3,(H,26,28). The highest BCUT2D eigenvalue weighted by molar-refractivity contribution is 6.39. The highest BCUT2D eigenvalue weighted by Crippen LogP contribution is 2.36. The minimum atomic E-state index is -0.828. The van der Waals surface area contributed by atoms with Crippen LogP contribution in [0.15, 0.2) is 54.6 Å². The summed E-state index contributed by atoms with van der Waals surface area (Å²) in [6, 6.07) is 16.2. The minimum Gasteiger partial charge on any atom is -0.462 e. The molecule has 29 heavy (non-hydrogen) atoms. The topological polar surface area (TPSA) is 66.4 Å². The molecule has 0 aliphatic carbocycles. The van der Waals surface area contributed by atoms with E-state index in [0.29, 0.717) is 10.0 Å². The number of aliphatic hydroxyl groups excluding tert-OH is 1. The van der Waals surface area contributed by atoms with Crippen LogP contribution in [0.1, 0.15) is 12.5 Å². The molecule has 0 heterocycles. The van der Waals surface area contributed by atoms with E-state index in [9.17, 15) is 9.59 Å². The second-order valence-electron chi connectivity index (χ2n) is 6.55. The maximum absolute atomic E-state index is 12.0. The summed E-state index contributed by atoms with van der Waals surface area (Å²) in [6.45, 7) is 1.33. The fraction of sp³-hybridized carbons (Fsp3) is 0.130. The molecule has 0 spiro atoms. The quantitative estimate of drug-likeness (QED) is 0.578. The lowest BCUT2D eigenvalue weighted by molar-refractivity contribution is -0.124. The summed E-state index contributed by atoms with van der Waals surface area (Å²) in [6.07, 6.45) is 1.86. The number of benzene rings is 3. The van der Waals surface area contributed by atoms with Crippen molar-refractivity contribution in [3.8, 4) is 23.2 Å². The van der Waals surface area contributed by atoms with E-state index in [-0.39, 0.29) is 12.3 Å². The summed E-state index contributed by atoms with van der Waals surface area (Å²) >= 11 is 12.6. The number of aliphatic hydroxyl groups is 1. The number of fused-ring (bicyclic) bond motifs is 1. The molecule has 3 rings (SSSR count). The zero-order valence-electron chi connectivity index (χ0n) is 15.5. The molecule has 0 saturated carbocycles. The molecule has 0 aromatic heterocycles. The van der Waals surface area contributed by atoms with Gasteiger partial charge in [0.25, 0.3) is 0 Å². The van der Waals surface area contributed by atoms with Crippen molar-refractivity contribution in [1.29, 1.82) is 0 Å². The Balaban J connectivity index is 1.93. The van der Waals surface area contributed by atoms with E-state index in [0.717, 1.165) is 27.5 Å². The lowest BCUT2D eigenvalue weighted by Gasteiger charge is -2.15.